The van der Waals surface area contributed by atoms with Crippen molar-refractivity contribution in [2.75, 3.05) is 0 Å². The largest absolute Gasteiger partial charge is 0.581 e. The minimum Gasteiger partial charge on any atom is -0.581 e. The monoisotopic (exact) mass is 3490 g/mol. The molecule has 0 amide bonds. The van der Waals surface area contributed by atoms with E-state index in [9.17, 15) is 0 Å². The normalized spacial score (nSPS) is 10.8. The van der Waals surface area contributed by atoms with Gasteiger partial charge in [-0.1, -0.05) is 279 Å². The van der Waals surface area contributed by atoms with E-state index < -0.39 is 0 Å². The number of nitrogens with zero attached hydrogens (tertiary/aromatic N) is 15. The van der Waals surface area contributed by atoms with Gasteiger partial charge in [0.15, 0.2) is 0 Å². The van der Waals surface area contributed by atoms with Crippen LogP contribution in [0.2, 0.25) is 0 Å². The first-order valence-electron chi connectivity index (χ1n) is 34.4. The second kappa shape index (κ2) is 61.3. The fourth-order valence-corrected chi connectivity index (χ4v) is 8.09. The van der Waals surface area contributed by atoms with Gasteiger partial charge in [-0.15, -0.1) is 83.9 Å². The Morgan fingerprint density at radius 2 is 0.930 bits per heavy atom. The summed E-state index contributed by atoms with van der Waals surface area (Å²) in [4.78, 5) is 22.4. The van der Waals surface area contributed by atoms with Gasteiger partial charge in [0.05, 0.1) is 0 Å². The maximum Gasteiger partial charge on any atom is 0.102 e. The smallest absolute Gasteiger partial charge is 0.102 e. The predicted molar refractivity (Wildman–Crippen MR) is 411 cm³/mol. The van der Waals surface area contributed by atoms with E-state index in [4.69, 9.17) is 13.4 Å². The van der Waals surface area contributed by atoms with E-state index in [1.807, 2.05) is 78.1 Å². The van der Waals surface area contributed by atoms with Crippen molar-refractivity contribution in [3.63, 3.8) is 0 Å². The van der Waals surface area contributed by atoms with Gasteiger partial charge in [-0.25, -0.2) is 10.3 Å². The van der Waals surface area contributed by atoms with Gasteiger partial charge in [-0.2, -0.15) is 46.4 Å². The molecule has 11 aromatic heterocycles. The van der Waals surface area contributed by atoms with Crippen molar-refractivity contribution in [2.24, 2.45) is 28.2 Å². The number of imidazole rings is 3. The Balaban J connectivity index is -0.000000113. The molecule has 0 atom stereocenters. The van der Waals surface area contributed by atoms with Crippen LogP contribution in [0.5, 0.6) is 0 Å². The number of hydrogen-bond acceptors (Lipinski definition) is 16. The molecule has 0 bridgehead atoms. The number of rotatable bonds is 0. The molecule has 21 nitrogen and oxygen atoms in total. The summed E-state index contributed by atoms with van der Waals surface area (Å²) in [5.41, 5.74) is 11.7. The molecule has 0 fully saturated rings. The number of aryl methyl sites for hydroxylation is 4. The Kier molecular flexibility index (Phi) is 73.3. The van der Waals surface area contributed by atoms with Crippen LogP contribution in [0.4, 0.5) is 0 Å². The zero-order chi connectivity index (χ0) is 79.4. The maximum absolute atomic E-state index is 4.96. The molecule has 11 rings (SSSR count). The molecule has 11 aromatic rings. The third-order valence-corrected chi connectivity index (χ3v) is 14.8. The van der Waals surface area contributed by atoms with E-state index in [1.54, 1.807) is 35.7 Å². The fourth-order valence-electron chi connectivity index (χ4n) is 7.38. The van der Waals surface area contributed by atoms with Gasteiger partial charge in [0.2, 0.25) is 0 Å². The van der Waals surface area contributed by atoms with Gasteiger partial charge in [-0.3, -0.25) is 0 Å². The van der Waals surface area contributed by atoms with Gasteiger partial charge in [0, 0.05) is 251 Å². The fraction of sp³-hybridized carbons (Fsp3) is 0.593. The second-order valence-corrected chi connectivity index (χ2v) is 36.6. The van der Waals surface area contributed by atoms with Crippen LogP contribution in [-0.2, 0) is 312 Å². The summed E-state index contributed by atoms with van der Waals surface area (Å²) in [6.45, 7) is 70.1. The van der Waals surface area contributed by atoms with Gasteiger partial charge in [0.1, 0.15) is 12.8 Å². The number of aromatic nitrogens is 17. The summed E-state index contributed by atoms with van der Waals surface area (Å²) in [5.74, 6) is 1.75. The Morgan fingerprint density at radius 3 is 1.12 bits per heavy atom. The quantitative estimate of drug-likeness (QED) is 0.134. The number of oxazole rings is 2. The third-order valence-electron chi connectivity index (χ3n) is 14.2. The molecule has 11 radical (unpaired) electrons. The van der Waals surface area contributed by atoms with Crippen LogP contribution >= 0.6 is 11.5 Å². The topological polar surface area (TPSA) is 246 Å². The van der Waals surface area contributed by atoms with Crippen molar-refractivity contribution in [1.82, 2.24) is 83.5 Å². The molecule has 0 saturated heterocycles. The van der Waals surface area contributed by atoms with Crippen molar-refractivity contribution < 1.29 is 243 Å². The Hall–Kier alpha value is -0.984. The van der Waals surface area contributed by atoms with E-state index in [0.29, 0.717) is 0 Å². The maximum atomic E-state index is 4.96. The van der Waals surface area contributed by atoms with Gasteiger partial charge in [0.25, 0.3) is 0 Å². The number of aromatic amines is 2. The van der Waals surface area contributed by atoms with Crippen LogP contribution in [0.1, 0.15) is 291 Å². The third kappa shape index (κ3) is 58.1. The Bertz CT molecular complexity index is 3360. The van der Waals surface area contributed by atoms with Crippen LogP contribution in [-0.4, -0.2) is 83.5 Å². The number of hydrogen-bond donors (Lipinski definition) is 2. The molecule has 2 N–H and O–H groups in total. The summed E-state index contributed by atoms with van der Waals surface area (Å²) >= 11 is 1.46. The standard InChI is InChI=1S/4C8H13N2.2C7H11N2.4C7H10NO.C7H10NS.11Re/c1-8(2,3)7-5-10(4)6-9-7;1-8(2,3)7-5-9-6-10(7)4;1-8(2,3)7-5-9-10(4)6-7;1-8(2,3)7-5-6-9-10(7)4;1-7(2,3)6-4-8-5-9-6;1-7(2,3)6-4-5-8-9-6;1-7(2,3)6-4-9-5-8-6;1-7(2,3)6-4-8-5-9-6;1-7(2,3)6-4-8-9-5-6;1-7(2,3)6-4-5-8-9-6;1-7(2,3)6-4-8-9-5-6;;;;;;;;;;;/h2*5H,1-4H3;6H,1-4H3;5H,1-4H3;2*4H,1-3H3,(H,8,9);2*4H,1-3H3;5H,1-3H3;4H,1-3H3;5H,1-3H3;;;;;;;;;;;/q11*-1;;;;;;;;;;;. The van der Waals surface area contributed by atoms with Gasteiger partial charge >= 0.3 is 0 Å². The molecule has 651 valence electrons. The molecule has 0 aliphatic heterocycles. The average molecular weight is 3480 g/mol. The Morgan fingerprint density at radius 1 is 0.404 bits per heavy atom. The summed E-state index contributed by atoms with van der Waals surface area (Å²) in [6, 6.07) is 5.57. The van der Waals surface area contributed by atoms with E-state index >= 15 is 0 Å². The summed E-state index contributed by atoms with van der Waals surface area (Å²) in [6.07, 6.45) is 42.6. The molecule has 0 aliphatic carbocycles. The molecule has 11 heterocycles. The van der Waals surface area contributed by atoms with E-state index in [0.717, 1.165) is 45.4 Å². The van der Waals surface area contributed by atoms with Crippen molar-refractivity contribution in [3.05, 3.63) is 198 Å². The van der Waals surface area contributed by atoms with Crippen molar-refractivity contribution in [3.8, 4) is 0 Å². The Labute approximate surface area is 841 Å². The van der Waals surface area contributed by atoms with E-state index in [-0.39, 0.29) is 284 Å². The zero-order valence-electron chi connectivity index (χ0n) is 73.8. The average Bonchev–Trinajstić information content (AvgIpc) is 1.68. The molecular weight excluding hydrogens is 3360 g/mol. The minimum atomic E-state index is 0. The van der Waals surface area contributed by atoms with Crippen LogP contribution in [0.25, 0.3) is 0 Å². The van der Waals surface area contributed by atoms with Crippen LogP contribution in [0.3, 0.4) is 0 Å². The van der Waals surface area contributed by atoms with E-state index in [1.165, 1.54) is 28.5 Å². The van der Waals surface area contributed by atoms with Crippen molar-refractivity contribution in [1.29, 1.82) is 0 Å². The molecule has 33 heteroatoms. The molecule has 114 heavy (non-hydrogen) atoms. The summed E-state index contributed by atoms with van der Waals surface area (Å²) in [5, 5.41) is 23.6. The first-order chi connectivity index (χ1) is 46.8. The van der Waals surface area contributed by atoms with Gasteiger partial charge in [-0.05, 0) is 77.0 Å². The van der Waals surface area contributed by atoms with Gasteiger partial charge < -0.3 is 91.1 Å². The van der Waals surface area contributed by atoms with Crippen molar-refractivity contribution >= 4 is 11.5 Å². The molecular formula is C81H124N17O4Re11S-11. The molecule has 0 aromatic carbocycles. The van der Waals surface area contributed by atoms with E-state index in [2.05, 4.69) is 367 Å². The van der Waals surface area contributed by atoms with Crippen LogP contribution in [0.15, 0.2) is 85.0 Å². The second-order valence-electron chi connectivity index (χ2n) is 36.0. The molecule has 0 spiro atoms. The SMILES string of the molecule is CC(C)(C)c1[c-]noc1.CC(C)(C)c1[c-]nsc1.CC(C)(C)c1c[c-]n[nH]1.CC(C)(C)c1c[c-]no1.CC(C)(C)c1cn[c-][nH]1.CC(C)(C)c1cn[c-]o1.CC(C)(C)c1co[c-]n1.Cn1[c-]nc(C(C)(C)C)c1.Cn1[c-]ncc1C(C)(C)C.Cn1cc(C(C)(C)C)[c-]n1.Cn1n[c-]cc1C(C)(C)C.[Re].[Re].[Re].[Re].[Re].[Re].[Re].[Re].[Re].[Re].[Re]. The molecule has 0 unspecified atom stereocenters. The summed E-state index contributed by atoms with van der Waals surface area (Å²) in [7, 11) is 7.75. The van der Waals surface area contributed by atoms with Crippen molar-refractivity contribution in [2.45, 2.75) is 288 Å². The zero-order valence-corrected chi connectivity index (χ0v) is 104. The molecule has 0 saturated carbocycles. The first-order valence-corrected chi connectivity index (χ1v) is 35.2. The first kappa shape index (κ1) is 136. The minimum absolute atomic E-state index is 0. The summed E-state index contributed by atoms with van der Waals surface area (Å²) < 4.78 is 30.5. The predicted octanol–water partition coefficient (Wildman–Crippen LogP) is 18.4. The number of H-pyrrole nitrogens is 2. The van der Waals surface area contributed by atoms with Crippen LogP contribution < -0.4 is 0 Å². The number of nitrogens with one attached hydrogen (secondary N) is 2. The molecule has 0 aliphatic rings. The van der Waals surface area contributed by atoms with Crippen LogP contribution in [0, 0.1) is 69.0 Å².